The molecule has 6 N–H and O–H groups in total. The summed E-state index contributed by atoms with van der Waals surface area (Å²) in [6.45, 7) is 0. The lowest BCUT2D eigenvalue weighted by molar-refractivity contribution is 0.102. The highest BCUT2D eigenvalue weighted by molar-refractivity contribution is 7.89. The molecule has 8 nitrogen and oxygen atoms in total. The molecule has 0 saturated carbocycles. The van der Waals surface area contributed by atoms with Crippen molar-refractivity contribution in [2.45, 2.75) is 4.90 Å². The van der Waals surface area contributed by atoms with E-state index in [1.54, 1.807) is 0 Å². The van der Waals surface area contributed by atoms with Crippen molar-refractivity contribution in [2.24, 2.45) is 11.0 Å². The minimum atomic E-state index is -3.76. The highest BCUT2D eigenvalue weighted by atomic mass is 32.2. The fourth-order valence-corrected chi connectivity index (χ4v) is 2.15. The van der Waals surface area contributed by atoms with Crippen LogP contribution >= 0.6 is 0 Å². The first-order valence-corrected chi connectivity index (χ1v) is 7.31. The van der Waals surface area contributed by atoms with E-state index in [1.807, 2.05) is 0 Å². The van der Waals surface area contributed by atoms with E-state index in [4.69, 9.17) is 11.0 Å². The normalized spacial score (nSPS) is 11.0. The van der Waals surface area contributed by atoms with Crippen LogP contribution in [-0.2, 0) is 10.0 Å². The van der Waals surface area contributed by atoms with E-state index in [-0.39, 0.29) is 4.90 Å². The van der Waals surface area contributed by atoms with Crippen LogP contribution in [0.15, 0.2) is 47.6 Å². The summed E-state index contributed by atoms with van der Waals surface area (Å²) >= 11 is 0. The smallest absolute Gasteiger partial charge is 0.257 e. The van der Waals surface area contributed by atoms with E-state index in [2.05, 4.69) is 15.7 Å². The zero-order valence-electron chi connectivity index (χ0n) is 10.8. The van der Waals surface area contributed by atoms with Crippen LogP contribution in [0.4, 0.5) is 11.4 Å². The Balaban J connectivity index is 2.20. The van der Waals surface area contributed by atoms with Gasteiger partial charge in [-0.15, -0.1) is 0 Å². The first kappa shape index (κ1) is 14.9. The predicted molar refractivity (Wildman–Crippen MR) is 77.8 cm³/mol. The SMILES string of the molecule is NNc1cnccc1C(=O)Nc1ccc(S(N)(=O)=O)cc1. The van der Waals surface area contributed by atoms with E-state index in [9.17, 15) is 13.2 Å². The number of benzene rings is 1. The molecule has 0 bridgehead atoms. The second kappa shape index (κ2) is 5.87. The zero-order valence-corrected chi connectivity index (χ0v) is 11.6. The summed E-state index contributed by atoms with van der Waals surface area (Å²) in [6.07, 6.45) is 2.87. The van der Waals surface area contributed by atoms with Crippen molar-refractivity contribution in [1.29, 1.82) is 0 Å². The van der Waals surface area contributed by atoms with E-state index < -0.39 is 15.9 Å². The largest absolute Gasteiger partial charge is 0.322 e. The molecule has 0 radical (unpaired) electrons. The molecule has 0 aliphatic heterocycles. The number of sulfonamides is 1. The van der Waals surface area contributed by atoms with E-state index >= 15 is 0 Å². The Morgan fingerprint density at radius 2 is 1.81 bits per heavy atom. The first-order valence-electron chi connectivity index (χ1n) is 5.76. The average molecular weight is 307 g/mol. The van der Waals surface area contributed by atoms with Gasteiger partial charge in [-0.25, -0.2) is 13.6 Å². The molecule has 9 heteroatoms. The lowest BCUT2D eigenvalue weighted by Gasteiger charge is -2.09. The Morgan fingerprint density at radius 3 is 2.38 bits per heavy atom. The first-order chi connectivity index (χ1) is 9.91. The lowest BCUT2D eigenvalue weighted by Crippen LogP contribution is -2.17. The molecule has 1 heterocycles. The van der Waals surface area contributed by atoms with Gasteiger partial charge in [0.1, 0.15) is 0 Å². The number of carbonyl (C=O) groups excluding carboxylic acids is 1. The third-order valence-electron chi connectivity index (χ3n) is 2.66. The molecular formula is C12H13N5O3S. The maximum atomic E-state index is 12.1. The molecule has 0 fully saturated rings. The second-order valence-corrected chi connectivity index (χ2v) is 5.65. The van der Waals surface area contributed by atoms with Crippen molar-refractivity contribution < 1.29 is 13.2 Å². The molecular weight excluding hydrogens is 294 g/mol. The number of nitrogen functional groups attached to an aromatic ring is 1. The number of rotatable bonds is 4. The van der Waals surface area contributed by atoms with E-state index in [1.165, 1.54) is 42.7 Å². The maximum Gasteiger partial charge on any atom is 0.257 e. The molecule has 0 saturated heterocycles. The van der Waals surface area contributed by atoms with Crippen LogP contribution in [0.1, 0.15) is 10.4 Å². The molecule has 0 spiro atoms. The predicted octanol–water partition coefficient (Wildman–Crippen LogP) is 0.267. The number of aromatic nitrogens is 1. The van der Waals surface area contributed by atoms with Crippen LogP contribution in [0.2, 0.25) is 0 Å². The number of hydrogen-bond acceptors (Lipinski definition) is 6. The number of amides is 1. The van der Waals surface area contributed by atoms with Crippen molar-refractivity contribution in [3.8, 4) is 0 Å². The number of carbonyl (C=O) groups is 1. The fraction of sp³-hybridized carbons (Fsp3) is 0. The molecule has 110 valence electrons. The summed E-state index contributed by atoms with van der Waals surface area (Å²) in [6, 6.07) is 6.99. The van der Waals surface area contributed by atoms with Gasteiger partial charge in [0.15, 0.2) is 0 Å². The average Bonchev–Trinajstić information content (AvgIpc) is 2.46. The quantitative estimate of drug-likeness (QED) is 0.472. The summed E-state index contributed by atoms with van der Waals surface area (Å²) in [5.74, 6) is 4.89. The maximum absolute atomic E-state index is 12.1. The van der Waals surface area contributed by atoms with Crippen LogP contribution < -0.4 is 21.7 Å². The van der Waals surface area contributed by atoms with Crippen LogP contribution in [-0.4, -0.2) is 19.3 Å². The minimum Gasteiger partial charge on any atom is -0.322 e. The molecule has 0 aliphatic rings. The van der Waals surface area contributed by atoms with Gasteiger partial charge in [-0.3, -0.25) is 15.6 Å². The van der Waals surface area contributed by atoms with Crippen molar-refractivity contribution >= 4 is 27.3 Å². The fourth-order valence-electron chi connectivity index (χ4n) is 1.63. The molecule has 2 rings (SSSR count). The minimum absolute atomic E-state index is 0.0336. The number of nitrogens with one attached hydrogen (secondary N) is 2. The molecule has 1 aromatic carbocycles. The summed E-state index contributed by atoms with van der Waals surface area (Å²) < 4.78 is 22.3. The molecule has 21 heavy (non-hydrogen) atoms. The van der Waals surface area contributed by atoms with Crippen molar-refractivity contribution in [3.63, 3.8) is 0 Å². The Morgan fingerprint density at radius 1 is 1.14 bits per heavy atom. The van der Waals surface area contributed by atoms with Gasteiger partial charge < -0.3 is 10.7 Å². The number of pyridine rings is 1. The number of nitrogens with zero attached hydrogens (tertiary/aromatic N) is 1. The van der Waals surface area contributed by atoms with Gasteiger partial charge >= 0.3 is 0 Å². The topological polar surface area (TPSA) is 140 Å². The van der Waals surface area contributed by atoms with E-state index in [0.29, 0.717) is 16.9 Å². The van der Waals surface area contributed by atoms with Crippen molar-refractivity contribution in [3.05, 3.63) is 48.3 Å². The number of hydrogen-bond donors (Lipinski definition) is 4. The summed E-state index contributed by atoms with van der Waals surface area (Å²) in [4.78, 5) is 15.9. The standard InChI is InChI=1S/C12H13N5O3S/c13-17-11-7-15-6-5-10(11)12(18)16-8-1-3-9(4-2-8)21(14,19)20/h1-7,17H,13H2,(H,16,18)(H2,14,19,20). The van der Waals surface area contributed by atoms with Crippen LogP contribution in [0, 0.1) is 0 Å². The number of hydrazine groups is 1. The van der Waals surface area contributed by atoms with E-state index in [0.717, 1.165) is 0 Å². The monoisotopic (exact) mass is 307 g/mol. The zero-order chi connectivity index (χ0) is 15.5. The summed E-state index contributed by atoms with van der Waals surface area (Å²) in [7, 11) is -3.76. The van der Waals surface area contributed by atoms with Crippen LogP contribution in [0.5, 0.6) is 0 Å². The number of anilines is 2. The molecule has 1 aromatic heterocycles. The Hall–Kier alpha value is -2.49. The molecule has 0 atom stereocenters. The molecule has 2 aromatic rings. The van der Waals surface area contributed by atoms with Gasteiger partial charge in [0.25, 0.3) is 5.91 Å². The molecule has 0 unspecified atom stereocenters. The van der Waals surface area contributed by atoms with Gasteiger partial charge in [-0.2, -0.15) is 0 Å². The van der Waals surface area contributed by atoms with Gasteiger partial charge in [0.2, 0.25) is 10.0 Å². The third kappa shape index (κ3) is 3.54. The lowest BCUT2D eigenvalue weighted by atomic mass is 10.2. The van der Waals surface area contributed by atoms with Gasteiger partial charge in [0.05, 0.1) is 22.3 Å². The molecule has 0 aliphatic carbocycles. The summed E-state index contributed by atoms with van der Waals surface area (Å²) in [5.41, 5.74) is 3.48. The Bertz CT molecular complexity index is 759. The summed E-state index contributed by atoms with van der Waals surface area (Å²) in [5, 5.41) is 7.61. The molecule has 1 amide bonds. The third-order valence-corrected chi connectivity index (χ3v) is 3.59. The van der Waals surface area contributed by atoms with Crippen molar-refractivity contribution in [2.75, 3.05) is 10.7 Å². The second-order valence-electron chi connectivity index (χ2n) is 4.09. The number of nitrogens with two attached hydrogens (primary N) is 2. The number of primary sulfonamides is 1. The Labute approximate surface area is 121 Å². The van der Waals surface area contributed by atoms with Gasteiger partial charge in [0, 0.05) is 11.9 Å². The van der Waals surface area contributed by atoms with Gasteiger partial charge in [-0.1, -0.05) is 0 Å². The van der Waals surface area contributed by atoms with Crippen LogP contribution in [0.3, 0.4) is 0 Å². The van der Waals surface area contributed by atoms with Gasteiger partial charge in [-0.05, 0) is 30.3 Å². The van der Waals surface area contributed by atoms with Crippen molar-refractivity contribution in [1.82, 2.24) is 4.98 Å². The Kier molecular flexibility index (Phi) is 4.17. The highest BCUT2D eigenvalue weighted by Gasteiger charge is 2.12. The highest BCUT2D eigenvalue weighted by Crippen LogP contribution is 2.16. The van der Waals surface area contributed by atoms with Crippen LogP contribution in [0.25, 0.3) is 0 Å².